The van der Waals surface area contributed by atoms with Gasteiger partial charge in [-0.05, 0) is 68.2 Å². The number of carbonyl (C=O) groups excluding carboxylic acids is 3. The zero-order chi connectivity index (χ0) is 23.0. The molecule has 1 fully saturated rings. The summed E-state index contributed by atoms with van der Waals surface area (Å²) in [6, 6.07) is 5.58. The van der Waals surface area contributed by atoms with Crippen molar-refractivity contribution in [3.8, 4) is 5.69 Å². The Morgan fingerprint density at radius 1 is 1.19 bits per heavy atom. The van der Waals surface area contributed by atoms with Crippen molar-refractivity contribution in [1.29, 1.82) is 0 Å². The van der Waals surface area contributed by atoms with Crippen LogP contribution >= 0.6 is 0 Å². The molecule has 0 atom stereocenters. The van der Waals surface area contributed by atoms with Crippen molar-refractivity contribution in [2.45, 2.75) is 65.7 Å². The fourth-order valence-electron chi connectivity index (χ4n) is 5.07. The molecule has 0 radical (unpaired) electrons. The van der Waals surface area contributed by atoms with Crippen molar-refractivity contribution < 1.29 is 14.4 Å². The minimum atomic E-state index is -0.448. The molecule has 7 nitrogen and oxygen atoms in total. The molecule has 1 saturated heterocycles. The number of likely N-dealkylation sites (tertiary alicyclic amines) is 1. The number of fused-ring (bicyclic) bond motifs is 1. The normalized spacial score (nSPS) is 17.7. The molecule has 2 aliphatic rings. The monoisotopic (exact) mass is 436 g/mol. The Hall–Kier alpha value is -2.96. The largest absolute Gasteiger partial charge is 0.366 e. The number of Topliss-reactive ketones (excluding diaryl/α,β-unsaturated/α-hetero) is 1. The topological polar surface area (TPSA) is 98.3 Å². The minimum absolute atomic E-state index is 0.114. The van der Waals surface area contributed by atoms with Gasteiger partial charge < -0.3 is 10.6 Å². The zero-order valence-electron chi connectivity index (χ0n) is 19.2. The average molecular weight is 437 g/mol. The van der Waals surface area contributed by atoms with Gasteiger partial charge in [-0.3, -0.25) is 14.4 Å². The number of nitrogens with zero attached hydrogens (tertiary/aromatic N) is 3. The molecule has 2 amide bonds. The Morgan fingerprint density at radius 3 is 2.66 bits per heavy atom. The second-order valence-corrected chi connectivity index (χ2v) is 9.91. The van der Waals surface area contributed by atoms with Gasteiger partial charge in [-0.15, -0.1) is 0 Å². The molecule has 7 heteroatoms. The highest BCUT2D eigenvalue weighted by molar-refractivity contribution is 6.00. The van der Waals surface area contributed by atoms with E-state index in [9.17, 15) is 14.4 Å². The molecule has 2 aromatic rings. The second-order valence-electron chi connectivity index (χ2n) is 9.91. The molecule has 1 aromatic carbocycles. The number of primary amides is 1. The summed E-state index contributed by atoms with van der Waals surface area (Å²) in [7, 11) is 0. The average Bonchev–Trinajstić information content (AvgIpc) is 3.26. The molecule has 0 bridgehead atoms. The van der Waals surface area contributed by atoms with Gasteiger partial charge in [-0.25, -0.2) is 4.68 Å². The van der Waals surface area contributed by atoms with Crippen LogP contribution in [0.5, 0.6) is 0 Å². The first kappa shape index (κ1) is 22.2. The van der Waals surface area contributed by atoms with Crippen LogP contribution in [-0.4, -0.2) is 45.4 Å². The predicted octanol–water partition coefficient (Wildman–Crippen LogP) is 3.38. The Labute approximate surface area is 189 Å². The highest BCUT2D eigenvalue weighted by atomic mass is 16.2. The van der Waals surface area contributed by atoms with E-state index in [1.165, 1.54) is 0 Å². The van der Waals surface area contributed by atoms with Crippen LogP contribution in [0.2, 0.25) is 0 Å². The maximum Gasteiger partial charge on any atom is 0.248 e. The number of hydrogen-bond donors (Lipinski definition) is 1. The Kier molecular flexibility index (Phi) is 5.93. The lowest BCUT2D eigenvalue weighted by Gasteiger charge is -2.29. The number of nitrogens with two attached hydrogens (primary N) is 1. The Bertz CT molecular complexity index is 1080. The molecule has 0 spiro atoms. The smallest absolute Gasteiger partial charge is 0.248 e. The maximum absolute atomic E-state index is 12.7. The predicted molar refractivity (Wildman–Crippen MR) is 122 cm³/mol. The number of amides is 2. The molecular formula is C25H32N4O3. The van der Waals surface area contributed by atoms with Gasteiger partial charge in [0, 0.05) is 31.5 Å². The number of aromatic nitrogens is 2. The van der Waals surface area contributed by atoms with Crippen molar-refractivity contribution in [1.82, 2.24) is 14.7 Å². The number of carbonyl (C=O) groups is 3. The van der Waals surface area contributed by atoms with Gasteiger partial charge in [-0.2, -0.15) is 5.10 Å². The standard InChI is InChI=1S/C25H32N4O3/c1-16-23-20(14-25(2,3)15-21(23)30)29(27-16)18-9-10-19(24(26)32)17(13-18)7-4-5-11-28-12-6-8-22(28)31/h9-10,13H,4-8,11-12,14-15H2,1-3H3,(H2,26,32). The fourth-order valence-corrected chi connectivity index (χ4v) is 5.07. The van der Waals surface area contributed by atoms with Crippen molar-refractivity contribution in [2.75, 3.05) is 13.1 Å². The fraction of sp³-hybridized carbons (Fsp3) is 0.520. The van der Waals surface area contributed by atoms with Crippen LogP contribution in [0, 0.1) is 12.3 Å². The maximum atomic E-state index is 12.7. The number of ketones is 1. The van der Waals surface area contributed by atoms with Crippen LogP contribution in [0.4, 0.5) is 0 Å². The number of rotatable bonds is 7. The van der Waals surface area contributed by atoms with Crippen LogP contribution in [-0.2, 0) is 17.6 Å². The summed E-state index contributed by atoms with van der Waals surface area (Å²) in [5.41, 5.74) is 10.2. The summed E-state index contributed by atoms with van der Waals surface area (Å²) >= 11 is 0. The Morgan fingerprint density at radius 2 is 1.97 bits per heavy atom. The number of benzene rings is 1. The molecular weight excluding hydrogens is 404 g/mol. The van der Waals surface area contributed by atoms with Gasteiger partial charge in [0.25, 0.3) is 0 Å². The molecule has 2 N–H and O–H groups in total. The lowest BCUT2D eigenvalue weighted by atomic mass is 9.75. The van der Waals surface area contributed by atoms with Crippen molar-refractivity contribution in [2.24, 2.45) is 11.1 Å². The van der Waals surface area contributed by atoms with Crippen molar-refractivity contribution >= 4 is 17.6 Å². The van der Waals surface area contributed by atoms with Gasteiger partial charge in [0.1, 0.15) is 0 Å². The molecule has 170 valence electrons. The molecule has 4 rings (SSSR count). The van der Waals surface area contributed by atoms with Crippen molar-refractivity contribution in [3.05, 3.63) is 46.3 Å². The van der Waals surface area contributed by atoms with E-state index in [0.717, 1.165) is 67.0 Å². The highest BCUT2D eigenvalue weighted by Crippen LogP contribution is 2.37. The number of hydrogen-bond acceptors (Lipinski definition) is 4. The first-order chi connectivity index (χ1) is 15.2. The molecule has 1 aliphatic heterocycles. The lowest BCUT2D eigenvalue weighted by molar-refractivity contribution is -0.127. The molecule has 0 saturated carbocycles. The quantitative estimate of drug-likeness (QED) is 0.673. The summed E-state index contributed by atoms with van der Waals surface area (Å²) < 4.78 is 1.86. The molecule has 2 heterocycles. The van der Waals surface area contributed by atoms with Crippen LogP contribution in [0.15, 0.2) is 18.2 Å². The van der Waals surface area contributed by atoms with Gasteiger partial charge in [0.15, 0.2) is 5.78 Å². The van der Waals surface area contributed by atoms with E-state index in [1.807, 2.05) is 28.6 Å². The minimum Gasteiger partial charge on any atom is -0.366 e. The SMILES string of the molecule is Cc1nn(-c2ccc(C(N)=O)c(CCCCN3CCCC3=O)c2)c2c1C(=O)CC(C)(C)C2. The van der Waals surface area contributed by atoms with E-state index in [4.69, 9.17) is 5.73 Å². The van der Waals surface area contributed by atoms with E-state index >= 15 is 0 Å². The van der Waals surface area contributed by atoms with Gasteiger partial charge in [0.05, 0.1) is 22.6 Å². The van der Waals surface area contributed by atoms with Crippen LogP contribution < -0.4 is 5.73 Å². The Balaban J connectivity index is 1.58. The molecule has 1 aromatic heterocycles. The number of aryl methyl sites for hydroxylation is 2. The molecule has 32 heavy (non-hydrogen) atoms. The van der Waals surface area contributed by atoms with Gasteiger partial charge in [0.2, 0.25) is 11.8 Å². The molecule has 0 unspecified atom stereocenters. The molecule has 1 aliphatic carbocycles. The summed E-state index contributed by atoms with van der Waals surface area (Å²) in [6.45, 7) is 7.69. The van der Waals surface area contributed by atoms with E-state index in [1.54, 1.807) is 6.07 Å². The van der Waals surface area contributed by atoms with E-state index in [-0.39, 0.29) is 17.1 Å². The third kappa shape index (κ3) is 4.33. The number of unbranched alkanes of at least 4 members (excludes halogenated alkanes) is 1. The van der Waals surface area contributed by atoms with Crippen LogP contribution in [0.25, 0.3) is 5.69 Å². The summed E-state index contributed by atoms with van der Waals surface area (Å²) in [4.78, 5) is 38.5. The van der Waals surface area contributed by atoms with Gasteiger partial charge >= 0.3 is 0 Å². The lowest BCUT2D eigenvalue weighted by Crippen LogP contribution is -2.28. The third-order valence-electron chi connectivity index (χ3n) is 6.61. The summed E-state index contributed by atoms with van der Waals surface area (Å²) in [5.74, 6) is -0.0668. The third-order valence-corrected chi connectivity index (χ3v) is 6.61. The first-order valence-corrected chi connectivity index (χ1v) is 11.5. The van der Waals surface area contributed by atoms with E-state index in [2.05, 4.69) is 18.9 Å². The van der Waals surface area contributed by atoms with Crippen molar-refractivity contribution in [3.63, 3.8) is 0 Å². The van der Waals surface area contributed by atoms with E-state index < -0.39 is 5.91 Å². The summed E-state index contributed by atoms with van der Waals surface area (Å²) in [6.07, 6.45) is 5.33. The highest BCUT2D eigenvalue weighted by Gasteiger charge is 2.35. The second kappa shape index (κ2) is 8.52. The summed E-state index contributed by atoms with van der Waals surface area (Å²) in [5, 5.41) is 4.69. The van der Waals surface area contributed by atoms with E-state index in [0.29, 0.717) is 24.8 Å². The van der Waals surface area contributed by atoms with Crippen LogP contribution in [0.3, 0.4) is 0 Å². The first-order valence-electron chi connectivity index (χ1n) is 11.5. The zero-order valence-corrected chi connectivity index (χ0v) is 19.2. The van der Waals surface area contributed by atoms with Crippen LogP contribution in [0.1, 0.15) is 83.6 Å². The van der Waals surface area contributed by atoms with Gasteiger partial charge in [-0.1, -0.05) is 13.8 Å².